The first kappa shape index (κ1) is 20.9. The normalized spacial score (nSPS) is 13.0. The van der Waals surface area contributed by atoms with E-state index in [-0.39, 0.29) is 18.0 Å². The zero-order valence-corrected chi connectivity index (χ0v) is 18.0. The number of nitrogens with one attached hydrogen (secondary N) is 2. The first-order chi connectivity index (χ1) is 15.0. The van der Waals surface area contributed by atoms with Crippen LogP contribution in [0.25, 0.3) is 16.6 Å². The lowest BCUT2D eigenvalue weighted by molar-refractivity contribution is 0.188. The van der Waals surface area contributed by atoms with Crippen LogP contribution in [-0.4, -0.2) is 27.0 Å². The molecule has 31 heavy (non-hydrogen) atoms. The fourth-order valence-electron chi connectivity index (χ4n) is 3.14. The summed E-state index contributed by atoms with van der Waals surface area (Å²) in [7, 11) is 0. The molecule has 0 aliphatic carbocycles. The van der Waals surface area contributed by atoms with Crippen molar-refractivity contribution in [1.82, 2.24) is 20.4 Å². The molecule has 0 bridgehead atoms. The quantitative estimate of drug-likeness (QED) is 0.412. The molecule has 2 aromatic carbocycles. The molecule has 4 rings (SSSR count). The van der Waals surface area contributed by atoms with E-state index in [1.54, 1.807) is 29.3 Å². The zero-order chi connectivity index (χ0) is 21.8. The highest BCUT2D eigenvalue weighted by Crippen LogP contribution is 2.24. The molecular weight excluding hydrogens is 415 g/mol. The van der Waals surface area contributed by atoms with Gasteiger partial charge in [0.25, 0.3) is 0 Å². The Morgan fingerprint density at radius 3 is 2.74 bits per heavy atom. The number of halogens is 1. The van der Waals surface area contributed by atoms with Gasteiger partial charge in [0.2, 0.25) is 0 Å². The van der Waals surface area contributed by atoms with Crippen LogP contribution in [0.15, 0.2) is 71.5 Å². The summed E-state index contributed by atoms with van der Waals surface area (Å²) in [5.74, 6) is 1.28. The predicted molar refractivity (Wildman–Crippen MR) is 122 cm³/mol. The summed E-state index contributed by atoms with van der Waals surface area (Å²) in [6.07, 6.45) is 3.27. The molecule has 2 atom stereocenters. The van der Waals surface area contributed by atoms with Crippen LogP contribution in [-0.2, 0) is 6.54 Å². The standard InChI is InChI=1S/C23H23FN4O2S/c1-15(27-23(31)25-14-21-4-3-11-29-21)16(2)30-20-9-10-22-17(12-20)13-26-28(22)19-7-5-18(24)6-8-19/h3-13,15-16H,14H2,1-2H3,(H2,25,27,31)/t15-,16+/m0/s1. The molecule has 0 fully saturated rings. The number of rotatable bonds is 7. The molecule has 0 saturated carbocycles. The van der Waals surface area contributed by atoms with Crippen LogP contribution in [0.2, 0.25) is 0 Å². The second kappa shape index (κ2) is 9.18. The maximum atomic E-state index is 13.2. The first-order valence-corrected chi connectivity index (χ1v) is 10.4. The fraction of sp³-hybridized carbons (Fsp3) is 0.217. The Bertz CT molecular complexity index is 1160. The third kappa shape index (κ3) is 5.03. The van der Waals surface area contributed by atoms with Crippen molar-refractivity contribution in [2.24, 2.45) is 0 Å². The van der Waals surface area contributed by atoms with E-state index in [0.29, 0.717) is 11.7 Å². The van der Waals surface area contributed by atoms with Crippen molar-refractivity contribution in [2.45, 2.75) is 32.5 Å². The van der Waals surface area contributed by atoms with E-state index in [4.69, 9.17) is 21.4 Å². The number of benzene rings is 2. The van der Waals surface area contributed by atoms with Gasteiger partial charge < -0.3 is 19.8 Å². The molecular formula is C23H23FN4O2S. The Hall–Kier alpha value is -3.39. The summed E-state index contributed by atoms with van der Waals surface area (Å²) in [5, 5.41) is 12.3. The number of nitrogens with zero attached hydrogens (tertiary/aromatic N) is 2. The zero-order valence-electron chi connectivity index (χ0n) is 17.2. The van der Waals surface area contributed by atoms with Crippen molar-refractivity contribution < 1.29 is 13.5 Å². The number of fused-ring (bicyclic) bond motifs is 1. The van der Waals surface area contributed by atoms with Gasteiger partial charge in [0.15, 0.2) is 5.11 Å². The van der Waals surface area contributed by atoms with Crippen LogP contribution in [0.3, 0.4) is 0 Å². The minimum absolute atomic E-state index is 0.0192. The van der Waals surface area contributed by atoms with Crippen molar-refractivity contribution in [2.75, 3.05) is 0 Å². The summed E-state index contributed by atoms with van der Waals surface area (Å²) >= 11 is 5.35. The number of ether oxygens (including phenoxy) is 1. The lowest BCUT2D eigenvalue weighted by Gasteiger charge is -2.24. The monoisotopic (exact) mass is 438 g/mol. The van der Waals surface area contributed by atoms with Crippen LogP contribution in [0.5, 0.6) is 5.75 Å². The number of hydrogen-bond donors (Lipinski definition) is 2. The van der Waals surface area contributed by atoms with E-state index in [2.05, 4.69) is 15.7 Å². The highest BCUT2D eigenvalue weighted by molar-refractivity contribution is 7.80. The third-order valence-electron chi connectivity index (χ3n) is 5.00. The van der Waals surface area contributed by atoms with Crippen LogP contribution >= 0.6 is 12.2 Å². The minimum Gasteiger partial charge on any atom is -0.489 e. The number of furan rings is 1. The third-order valence-corrected chi connectivity index (χ3v) is 5.26. The van der Waals surface area contributed by atoms with Gasteiger partial charge in [-0.25, -0.2) is 9.07 Å². The van der Waals surface area contributed by atoms with E-state index in [1.165, 1.54) is 12.1 Å². The van der Waals surface area contributed by atoms with Crippen molar-refractivity contribution >= 4 is 28.2 Å². The van der Waals surface area contributed by atoms with Gasteiger partial charge in [-0.15, -0.1) is 0 Å². The van der Waals surface area contributed by atoms with Gasteiger partial charge in [-0.3, -0.25) is 0 Å². The van der Waals surface area contributed by atoms with Crippen LogP contribution in [0.1, 0.15) is 19.6 Å². The maximum Gasteiger partial charge on any atom is 0.167 e. The molecule has 0 unspecified atom stereocenters. The molecule has 6 nitrogen and oxygen atoms in total. The molecule has 0 spiro atoms. The summed E-state index contributed by atoms with van der Waals surface area (Å²) in [6.45, 7) is 4.52. The average molecular weight is 439 g/mol. The summed E-state index contributed by atoms with van der Waals surface area (Å²) in [5.41, 5.74) is 1.72. The Morgan fingerprint density at radius 2 is 2.00 bits per heavy atom. The van der Waals surface area contributed by atoms with Gasteiger partial charge in [0.1, 0.15) is 23.4 Å². The van der Waals surface area contributed by atoms with Crippen LogP contribution in [0.4, 0.5) is 4.39 Å². The van der Waals surface area contributed by atoms with E-state index >= 15 is 0 Å². The average Bonchev–Trinajstić information content (AvgIpc) is 3.42. The Kier molecular flexibility index (Phi) is 6.18. The molecule has 160 valence electrons. The minimum atomic E-state index is -0.275. The van der Waals surface area contributed by atoms with Crippen LogP contribution in [0, 0.1) is 5.82 Å². The van der Waals surface area contributed by atoms with E-state index < -0.39 is 0 Å². The molecule has 0 amide bonds. The fourth-order valence-corrected chi connectivity index (χ4v) is 3.40. The lowest BCUT2D eigenvalue weighted by Crippen LogP contribution is -2.46. The SMILES string of the molecule is C[C@H](NC(=S)NCc1ccco1)[C@@H](C)Oc1ccc2c(cnn2-c2ccc(F)cc2)c1. The number of aromatic nitrogens is 2. The number of hydrogen-bond acceptors (Lipinski definition) is 4. The number of thiocarbonyl (C=S) groups is 1. The highest BCUT2D eigenvalue weighted by Gasteiger charge is 2.16. The predicted octanol–water partition coefficient (Wildman–Crippen LogP) is 4.58. The second-order valence-electron chi connectivity index (χ2n) is 7.27. The summed E-state index contributed by atoms with van der Waals surface area (Å²) < 4.78 is 26.4. The van der Waals surface area contributed by atoms with Gasteiger partial charge in [0.05, 0.1) is 36.3 Å². The first-order valence-electron chi connectivity index (χ1n) is 9.97. The van der Waals surface area contributed by atoms with Crippen molar-refractivity contribution in [1.29, 1.82) is 0 Å². The Morgan fingerprint density at radius 1 is 1.19 bits per heavy atom. The summed E-state index contributed by atoms with van der Waals surface area (Å²) in [6, 6.07) is 15.7. The maximum absolute atomic E-state index is 13.2. The molecule has 0 radical (unpaired) electrons. The van der Waals surface area contributed by atoms with Crippen LogP contribution < -0.4 is 15.4 Å². The molecule has 2 heterocycles. The largest absolute Gasteiger partial charge is 0.489 e. The van der Waals surface area contributed by atoms with Gasteiger partial charge in [-0.2, -0.15) is 5.10 Å². The topological polar surface area (TPSA) is 64.2 Å². The Labute approximate surface area is 185 Å². The molecule has 0 aliphatic rings. The summed E-state index contributed by atoms with van der Waals surface area (Å²) in [4.78, 5) is 0. The van der Waals surface area contributed by atoms with Gasteiger partial charge >= 0.3 is 0 Å². The van der Waals surface area contributed by atoms with Gasteiger partial charge in [0, 0.05) is 5.39 Å². The lowest BCUT2D eigenvalue weighted by atomic mass is 10.2. The molecule has 0 saturated heterocycles. The van der Waals surface area contributed by atoms with E-state index in [9.17, 15) is 4.39 Å². The van der Waals surface area contributed by atoms with Gasteiger partial charge in [-0.05, 0) is 80.7 Å². The molecule has 2 aromatic heterocycles. The van der Waals surface area contributed by atoms with Gasteiger partial charge in [-0.1, -0.05) is 0 Å². The van der Waals surface area contributed by atoms with E-state index in [1.807, 2.05) is 44.2 Å². The molecule has 8 heteroatoms. The molecule has 2 N–H and O–H groups in total. The second-order valence-corrected chi connectivity index (χ2v) is 7.68. The highest BCUT2D eigenvalue weighted by atomic mass is 32.1. The van der Waals surface area contributed by atoms with Crippen molar-refractivity contribution in [3.05, 3.63) is 78.6 Å². The van der Waals surface area contributed by atoms with E-state index in [0.717, 1.165) is 28.1 Å². The Balaban J connectivity index is 1.37. The molecule has 0 aliphatic heterocycles. The molecule has 4 aromatic rings. The van der Waals surface area contributed by atoms with Crippen molar-refractivity contribution in [3.8, 4) is 11.4 Å². The smallest absolute Gasteiger partial charge is 0.167 e. The van der Waals surface area contributed by atoms with Crippen molar-refractivity contribution in [3.63, 3.8) is 0 Å².